The first-order chi connectivity index (χ1) is 8.76. The van der Waals surface area contributed by atoms with Crippen LogP contribution in [-0.2, 0) is 11.3 Å². The minimum Gasteiger partial charge on any atom is -0.370 e. The summed E-state index contributed by atoms with van der Waals surface area (Å²) in [4.78, 5) is 0. The molecule has 0 saturated heterocycles. The smallest absolute Gasteiger partial charge is 0.128 e. The molecule has 1 fully saturated rings. The van der Waals surface area contributed by atoms with E-state index < -0.39 is 0 Å². The van der Waals surface area contributed by atoms with E-state index in [1.54, 1.807) is 12.1 Å². The number of halogens is 1. The number of hydrogen-bond donors (Lipinski definition) is 1. The van der Waals surface area contributed by atoms with E-state index in [9.17, 15) is 4.39 Å². The normalized spacial score (nSPS) is 17.4. The minimum absolute atomic E-state index is 0.00947. The second-order valence-corrected chi connectivity index (χ2v) is 5.02. The van der Waals surface area contributed by atoms with Gasteiger partial charge in [0.15, 0.2) is 0 Å². The fourth-order valence-corrected chi connectivity index (χ4v) is 2.38. The monoisotopic (exact) mass is 251 g/mol. The molecule has 0 spiro atoms. The highest BCUT2D eigenvalue weighted by Gasteiger charge is 2.37. The van der Waals surface area contributed by atoms with Crippen molar-refractivity contribution in [3.8, 4) is 0 Å². The maximum atomic E-state index is 13.5. The number of hydrogen-bond acceptors (Lipinski definition) is 2. The standard InChI is InChI=1S/C15H22FNO/c1-2-17-11-10-15(8-5-9-15)18-12-13-6-3-4-7-14(13)16/h3-4,6-7,17H,2,5,8-12H2,1H3. The van der Waals surface area contributed by atoms with Gasteiger partial charge in [-0.05, 0) is 44.8 Å². The van der Waals surface area contributed by atoms with Gasteiger partial charge in [-0.2, -0.15) is 0 Å². The van der Waals surface area contributed by atoms with Crippen molar-refractivity contribution in [3.05, 3.63) is 35.6 Å². The maximum Gasteiger partial charge on any atom is 0.128 e. The Hall–Kier alpha value is -0.930. The Morgan fingerprint density at radius 1 is 1.33 bits per heavy atom. The van der Waals surface area contributed by atoms with Gasteiger partial charge >= 0.3 is 0 Å². The summed E-state index contributed by atoms with van der Waals surface area (Å²) in [6, 6.07) is 6.85. The van der Waals surface area contributed by atoms with Crippen LogP contribution in [0.1, 0.15) is 38.2 Å². The molecule has 1 aliphatic carbocycles. The van der Waals surface area contributed by atoms with E-state index >= 15 is 0 Å². The van der Waals surface area contributed by atoms with Crippen LogP contribution in [0.3, 0.4) is 0 Å². The van der Waals surface area contributed by atoms with Crippen molar-refractivity contribution >= 4 is 0 Å². The first-order valence-electron chi connectivity index (χ1n) is 6.84. The molecule has 1 aromatic rings. The van der Waals surface area contributed by atoms with Gasteiger partial charge in [-0.25, -0.2) is 4.39 Å². The van der Waals surface area contributed by atoms with Crippen LogP contribution in [0, 0.1) is 5.82 Å². The van der Waals surface area contributed by atoms with E-state index in [2.05, 4.69) is 12.2 Å². The van der Waals surface area contributed by atoms with Crippen LogP contribution < -0.4 is 5.32 Å². The summed E-state index contributed by atoms with van der Waals surface area (Å²) < 4.78 is 19.5. The van der Waals surface area contributed by atoms with Gasteiger partial charge in [-0.3, -0.25) is 0 Å². The molecule has 0 bridgehead atoms. The zero-order valence-corrected chi connectivity index (χ0v) is 11.0. The van der Waals surface area contributed by atoms with Crippen molar-refractivity contribution in [2.45, 2.75) is 44.8 Å². The van der Waals surface area contributed by atoms with E-state index in [0.29, 0.717) is 12.2 Å². The van der Waals surface area contributed by atoms with Crippen LogP contribution >= 0.6 is 0 Å². The number of rotatable bonds is 7. The zero-order chi connectivity index (χ0) is 12.8. The van der Waals surface area contributed by atoms with E-state index in [0.717, 1.165) is 32.4 Å². The lowest BCUT2D eigenvalue weighted by molar-refractivity contribution is -0.114. The molecule has 18 heavy (non-hydrogen) atoms. The highest BCUT2D eigenvalue weighted by molar-refractivity contribution is 5.16. The molecule has 2 rings (SSSR count). The summed E-state index contributed by atoms with van der Waals surface area (Å²) in [5.74, 6) is -0.168. The average Bonchev–Trinajstić information content (AvgIpc) is 2.33. The number of benzene rings is 1. The van der Waals surface area contributed by atoms with Gasteiger partial charge in [-0.1, -0.05) is 25.1 Å². The summed E-state index contributed by atoms with van der Waals surface area (Å²) in [5.41, 5.74) is 0.650. The van der Waals surface area contributed by atoms with Crippen molar-refractivity contribution in [2.24, 2.45) is 0 Å². The topological polar surface area (TPSA) is 21.3 Å². The molecule has 2 nitrogen and oxygen atoms in total. The molecule has 1 aliphatic rings. The van der Waals surface area contributed by atoms with Gasteiger partial charge < -0.3 is 10.1 Å². The molecule has 0 atom stereocenters. The molecule has 0 amide bonds. The molecule has 0 aromatic heterocycles. The van der Waals surface area contributed by atoms with Gasteiger partial charge in [0.25, 0.3) is 0 Å². The third-order valence-electron chi connectivity index (χ3n) is 3.76. The molecule has 1 N–H and O–H groups in total. The highest BCUT2D eigenvalue weighted by Crippen LogP contribution is 2.39. The van der Waals surface area contributed by atoms with Crippen molar-refractivity contribution < 1.29 is 9.13 Å². The third-order valence-corrected chi connectivity index (χ3v) is 3.76. The fourth-order valence-electron chi connectivity index (χ4n) is 2.38. The van der Waals surface area contributed by atoms with Crippen molar-refractivity contribution in [3.63, 3.8) is 0 Å². The Labute approximate surface area is 109 Å². The predicted octanol–water partition coefficient (Wildman–Crippen LogP) is 3.26. The van der Waals surface area contributed by atoms with E-state index in [1.165, 1.54) is 12.5 Å². The third kappa shape index (κ3) is 3.30. The highest BCUT2D eigenvalue weighted by atomic mass is 19.1. The van der Waals surface area contributed by atoms with Crippen LogP contribution in [-0.4, -0.2) is 18.7 Å². The zero-order valence-electron chi connectivity index (χ0n) is 11.0. The van der Waals surface area contributed by atoms with Crippen LogP contribution in [0.25, 0.3) is 0 Å². The SMILES string of the molecule is CCNCCC1(OCc2ccccc2F)CCC1. The average molecular weight is 251 g/mol. The number of nitrogens with one attached hydrogen (secondary N) is 1. The summed E-state index contributed by atoms with van der Waals surface area (Å²) in [5, 5.41) is 3.33. The molecule has 0 aliphatic heterocycles. The van der Waals surface area contributed by atoms with Crippen molar-refractivity contribution in [1.29, 1.82) is 0 Å². The molecule has 1 aromatic carbocycles. The first kappa shape index (κ1) is 13.5. The molecule has 0 heterocycles. The summed E-state index contributed by atoms with van der Waals surface area (Å²) in [6.45, 7) is 4.46. The van der Waals surface area contributed by atoms with Gasteiger partial charge in [0.05, 0.1) is 12.2 Å². The van der Waals surface area contributed by atoms with Gasteiger partial charge in [0.1, 0.15) is 5.82 Å². The van der Waals surface area contributed by atoms with E-state index in [4.69, 9.17) is 4.74 Å². The molecule has 100 valence electrons. The summed E-state index contributed by atoms with van der Waals surface area (Å²) in [7, 11) is 0. The lowest BCUT2D eigenvalue weighted by Crippen LogP contribution is -2.42. The maximum absolute atomic E-state index is 13.5. The Balaban J connectivity index is 1.85. The second-order valence-electron chi connectivity index (χ2n) is 5.02. The molecule has 0 unspecified atom stereocenters. The van der Waals surface area contributed by atoms with Crippen molar-refractivity contribution in [2.75, 3.05) is 13.1 Å². The summed E-state index contributed by atoms with van der Waals surface area (Å²) >= 11 is 0. The predicted molar refractivity (Wildman–Crippen MR) is 70.9 cm³/mol. The van der Waals surface area contributed by atoms with Crippen LogP contribution in [0.15, 0.2) is 24.3 Å². The molecule has 1 saturated carbocycles. The number of ether oxygens (including phenoxy) is 1. The molecular formula is C15H22FNO. The Bertz CT molecular complexity index is 377. The van der Waals surface area contributed by atoms with E-state index in [-0.39, 0.29) is 11.4 Å². The Kier molecular flexibility index (Phi) is 4.72. The molecule has 3 heteroatoms. The Morgan fingerprint density at radius 3 is 2.72 bits per heavy atom. The van der Waals surface area contributed by atoms with Gasteiger partial charge in [-0.15, -0.1) is 0 Å². The van der Waals surface area contributed by atoms with E-state index in [1.807, 2.05) is 6.07 Å². The van der Waals surface area contributed by atoms with Crippen LogP contribution in [0.4, 0.5) is 4.39 Å². The first-order valence-corrected chi connectivity index (χ1v) is 6.84. The largest absolute Gasteiger partial charge is 0.370 e. The van der Waals surface area contributed by atoms with Crippen molar-refractivity contribution in [1.82, 2.24) is 5.32 Å². The van der Waals surface area contributed by atoms with Crippen LogP contribution in [0.5, 0.6) is 0 Å². The Morgan fingerprint density at radius 2 is 2.11 bits per heavy atom. The second kappa shape index (κ2) is 6.30. The molecule has 0 radical (unpaired) electrons. The lowest BCUT2D eigenvalue weighted by atomic mass is 9.77. The molecular weight excluding hydrogens is 229 g/mol. The van der Waals surface area contributed by atoms with Crippen LogP contribution in [0.2, 0.25) is 0 Å². The summed E-state index contributed by atoms with van der Waals surface area (Å²) in [6.07, 6.45) is 4.46. The fraction of sp³-hybridized carbons (Fsp3) is 0.600. The van der Waals surface area contributed by atoms with Gasteiger partial charge in [0.2, 0.25) is 0 Å². The quantitative estimate of drug-likeness (QED) is 0.751. The lowest BCUT2D eigenvalue weighted by Gasteiger charge is -2.42. The van der Waals surface area contributed by atoms with Gasteiger partial charge in [0, 0.05) is 5.56 Å². The minimum atomic E-state index is -0.168.